The number of alkyl halides is 3. The normalized spacial score (nSPS) is 11.3. The number of benzene rings is 2. The molecule has 0 amide bonds. The summed E-state index contributed by atoms with van der Waals surface area (Å²) in [4.78, 5) is 8.09. The van der Waals surface area contributed by atoms with E-state index in [-0.39, 0.29) is 29.5 Å². The number of nitrogen functional groups attached to an aromatic ring is 1. The first-order valence-corrected chi connectivity index (χ1v) is 12.7. The van der Waals surface area contributed by atoms with Gasteiger partial charge in [-0.15, -0.1) is 0 Å². The number of hydrogen-bond acceptors (Lipinski definition) is 6. The van der Waals surface area contributed by atoms with Crippen molar-refractivity contribution in [3.05, 3.63) is 109 Å². The Kier molecular flexibility index (Phi) is 8.46. The second-order valence-electron chi connectivity index (χ2n) is 9.14. The number of anilines is 2. The van der Waals surface area contributed by atoms with Gasteiger partial charge in [-0.2, -0.15) is 22.0 Å². The van der Waals surface area contributed by atoms with Gasteiger partial charge in [0.05, 0.1) is 30.2 Å². The van der Waals surface area contributed by atoms with Crippen molar-refractivity contribution in [2.45, 2.75) is 12.6 Å². The molecule has 3 N–H and O–H groups in total. The summed E-state index contributed by atoms with van der Waals surface area (Å²) in [5.74, 6) is -4.33. The fourth-order valence-electron chi connectivity index (χ4n) is 4.00. The lowest BCUT2D eigenvalue weighted by Crippen LogP contribution is -2.15. The molecule has 0 saturated carbocycles. The van der Waals surface area contributed by atoms with Gasteiger partial charge in [0.2, 0.25) is 11.6 Å². The van der Waals surface area contributed by atoms with E-state index in [4.69, 9.17) is 15.2 Å². The van der Waals surface area contributed by atoms with E-state index in [1.807, 2.05) is 0 Å². The zero-order chi connectivity index (χ0) is 31.4. The smallest absolute Gasteiger partial charge is 0.390 e. The van der Waals surface area contributed by atoms with Crippen LogP contribution in [0.4, 0.5) is 42.1 Å². The molecule has 2 aromatic carbocycles. The summed E-state index contributed by atoms with van der Waals surface area (Å²) in [5.41, 5.74) is 7.42. The first-order chi connectivity index (χ1) is 21.0. The van der Waals surface area contributed by atoms with Crippen molar-refractivity contribution in [3.8, 4) is 23.0 Å². The lowest BCUT2D eigenvalue weighted by atomic mass is 10.3. The predicted octanol–water partition coefficient (Wildman–Crippen LogP) is 7.76. The molecule has 4 aromatic heterocycles. The highest BCUT2D eigenvalue weighted by Gasteiger charge is 2.26. The zero-order valence-corrected chi connectivity index (χ0v) is 22.3. The van der Waals surface area contributed by atoms with Gasteiger partial charge in [-0.25, -0.2) is 18.7 Å². The first-order valence-electron chi connectivity index (χ1n) is 12.7. The topological polar surface area (TPSA) is 91.1 Å². The maximum atomic E-state index is 13.7. The highest BCUT2D eigenvalue weighted by atomic mass is 19.4. The van der Waals surface area contributed by atoms with Crippen LogP contribution >= 0.6 is 0 Å². The summed E-state index contributed by atoms with van der Waals surface area (Å²) in [6.07, 6.45) is 4.00. The van der Waals surface area contributed by atoms with E-state index in [2.05, 4.69) is 15.3 Å². The number of aromatic nitrogens is 4. The Morgan fingerprint density at radius 3 is 1.84 bits per heavy atom. The second-order valence-corrected chi connectivity index (χ2v) is 9.14. The molecule has 0 atom stereocenters. The molecule has 0 saturated heterocycles. The van der Waals surface area contributed by atoms with Crippen molar-refractivity contribution in [3.63, 3.8) is 0 Å². The average molecular weight is 619 g/mol. The lowest BCUT2D eigenvalue weighted by molar-refractivity contribution is -0.131. The van der Waals surface area contributed by atoms with E-state index in [1.165, 1.54) is 53.2 Å². The summed E-state index contributed by atoms with van der Waals surface area (Å²) >= 11 is 0. The van der Waals surface area contributed by atoms with E-state index >= 15 is 0 Å². The largest absolute Gasteiger partial charge is 0.453 e. The number of imidazole rings is 2. The summed E-state index contributed by atoms with van der Waals surface area (Å²) < 4.78 is 104. The van der Waals surface area contributed by atoms with Crippen LogP contribution in [0.2, 0.25) is 0 Å². The van der Waals surface area contributed by atoms with Crippen LogP contribution in [0.5, 0.6) is 23.0 Å². The number of ether oxygens (including phenoxy) is 2. The molecular formula is C29H21F7N6O2. The molecule has 15 heteroatoms. The Labute approximate surface area is 244 Å². The molecule has 0 aliphatic carbocycles. The number of nitrogens with two attached hydrogens (primary N) is 1. The maximum absolute atomic E-state index is 13.7. The Balaban J connectivity index is 0.000000181. The Morgan fingerprint density at radius 1 is 0.750 bits per heavy atom. The molecule has 0 fully saturated rings. The molecule has 8 nitrogen and oxygen atoms in total. The quantitative estimate of drug-likeness (QED) is 0.178. The van der Waals surface area contributed by atoms with Gasteiger partial charge >= 0.3 is 6.18 Å². The zero-order valence-electron chi connectivity index (χ0n) is 22.3. The van der Waals surface area contributed by atoms with Crippen molar-refractivity contribution >= 4 is 22.7 Å². The third kappa shape index (κ3) is 6.94. The van der Waals surface area contributed by atoms with Crippen LogP contribution in [-0.4, -0.2) is 31.5 Å². The SMILES string of the molecule is Fc1cccc(Oc2cc(NCCC(F)(F)F)c3nccn3c2)c1F.Nc1cc(Oc2cccc(F)c2F)cn2ccnc12. The van der Waals surface area contributed by atoms with E-state index in [0.29, 0.717) is 22.7 Å². The minimum atomic E-state index is -4.29. The number of fused-ring (bicyclic) bond motifs is 2. The van der Waals surface area contributed by atoms with E-state index < -0.39 is 35.9 Å². The number of nitrogens with one attached hydrogen (secondary N) is 1. The fraction of sp³-hybridized carbons (Fsp3) is 0.103. The number of rotatable bonds is 7. The van der Waals surface area contributed by atoms with E-state index in [1.54, 1.807) is 29.2 Å². The monoisotopic (exact) mass is 618 g/mol. The third-order valence-corrected chi connectivity index (χ3v) is 5.97. The molecular weight excluding hydrogens is 597 g/mol. The highest BCUT2D eigenvalue weighted by molar-refractivity contribution is 5.69. The summed E-state index contributed by atoms with van der Waals surface area (Å²) in [5, 5.41) is 2.63. The fourth-order valence-corrected chi connectivity index (χ4v) is 4.00. The minimum absolute atomic E-state index is 0.115. The van der Waals surface area contributed by atoms with Gasteiger partial charge in [0.1, 0.15) is 11.5 Å². The van der Waals surface area contributed by atoms with E-state index in [0.717, 1.165) is 12.1 Å². The number of hydrogen-bond donors (Lipinski definition) is 2. The highest BCUT2D eigenvalue weighted by Crippen LogP contribution is 2.31. The van der Waals surface area contributed by atoms with Gasteiger partial charge in [-0.3, -0.25) is 0 Å². The number of halogens is 7. The van der Waals surface area contributed by atoms with Crippen LogP contribution in [0.15, 0.2) is 85.7 Å². The summed E-state index contributed by atoms with van der Waals surface area (Å²) in [7, 11) is 0. The van der Waals surface area contributed by atoms with Crippen molar-refractivity contribution in [1.82, 2.24) is 18.8 Å². The van der Waals surface area contributed by atoms with Crippen molar-refractivity contribution in [1.29, 1.82) is 0 Å². The Hall–Kier alpha value is -5.47. The van der Waals surface area contributed by atoms with Crippen LogP contribution in [0.25, 0.3) is 11.3 Å². The first kappa shape index (κ1) is 30.0. The molecule has 0 radical (unpaired) electrons. The van der Waals surface area contributed by atoms with Gasteiger partial charge in [0.15, 0.2) is 34.4 Å². The van der Waals surface area contributed by atoms with Gasteiger partial charge in [-0.1, -0.05) is 12.1 Å². The molecule has 0 aliphatic heterocycles. The van der Waals surface area contributed by atoms with E-state index in [9.17, 15) is 30.7 Å². The van der Waals surface area contributed by atoms with Gasteiger partial charge in [0.25, 0.3) is 0 Å². The standard InChI is InChI=1S/C16H12F5N3O.C13H9F2N3O/c17-11-2-1-3-13(14(11)18)25-10-8-12(22-5-4-16(19,20)21)15-23-6-7-24(15)9-10;14-9-2-1-3-11(12(9)15)19-8-6-10(16)13-17-4-5-18(13)7-8/h1-3,6-9,22H,4-5H2;1-7H,16H2. The van der Waals surface area contributed by atoms with Gasteiger partial charge in [-0.05, 0) is 24.3 Å². The number of pyridine rings is 2. The van der Waals surface area contributed by atoms with Gasteiger partial charge in [0, 0.05) is 43.5 Å². The molecule has 6 rings (SSSR count). The van der Waals surface area contributed by atoms with Crippen LogP contribution < -0.4 is 20.5 Å². The van der Waals surface area contributed by atoms with Crippen LogP contribution in [0, 0.1) is 23.3 Å². The number of nitrogens with zero attached hydrogens (tertiary/aromatic N) is 4. The molecule has 6 aromatic rings. The molecule has 0 aliphatic rings. The lowest BCUT2D eigenvalue weighted by Gasteiger charge is -2.13. The van der Waals surface area contributed by atoms with Crippen LogP contribution in [-0.2, 0) is 0 Å². The Bertz CT molecular complexity index is 1920. The van der Waals surface area contributed by atoms with Gasteiger partial charge < -0.3 is 29.3 Å². The molecule has 4 heterocycles. The average Bonchev–Trinajstić information content (AvgIpc) is 3.64. The molecule has 0 bridgehead atoms. The van der Waals surface area contributed by atoms with Crippen molar-refractivity contribution in [2.24, 2.45) is 0 Å². The molecule has 44 heavy (non-hydrogen) atoms. The van der Waals surface area contributed by atoms with Crippen LogP contribution in [0.3, 0.4) is 0 Å². The van der Waals surface area contributed by atoms with Crippen LogP contribution in [0.1, 0.15) is 6.42 Å². The second kappa shape index (κ2) is 12.4. The van der Waals surface area contributed by atoms with Crippen molar-refractivity contribution < 1.29 is 40.2 Å². The summed E-state index contributed by atoms with van der Waals surface area (Å²) in [6.45, 7) is -0.357. The molecule has 0 spiro atoms. The third-order valence-electron chi connectivity index (χ3n) is 5.97. The summed E-state index contributed by atoms with van der Waals surface area (Å²) in [6, 6.07) is 10.1. The Morgan fingerprint density at radius 2 is 1.27 bits per heavy atom. The van der Waals surface area contributed by atoms with Crippen molar-refractivity contribution in [2.75, 3.05) is 17.6 Å². The molecule has 228 valence electrons. The maximum Gasteiger partial charge on any atom is 0.390 e. The molecule has 0 unspecified atom stereocenters. The minimum Gasteiger partial charge on any atom is -0.453 e. The predicted molar refractivity (Wildman–Crippen MR) is 147 cm³/mol.